The van der Waals surface area contributed by atoms with Gasteiger partial charge in [0.15, 0.2) is 0 Å². The SMILES string of the molecule is O.[B].[O-2].[Zn+2]. The topological polar surface area (TPSA) is 60.0 Å². The average Bonchev–Trinajstić information content (AvgIpc) is 0. The fourth-order valence-electron chi connectivity index (χ4n) is 0. The molecule has 2 nitrogen and oxygen atoms in total. The van der Waals surface area contributed by atoms with Gasteiger partial charge in [0.2, 0.25) is 0 Å². The minimum atomic E-state index is 0. The van der Waals surface area contributed by atoms with E-state index in [1.54, 1.807) is 0 Å². The molecule has 4 heavy (non-hydrogen) atoms. The second-order valence-corrected chi connectivity index (χ2v) is 0. The van der Waals surface area contributed by atoms with Crippen LogP contribution in [0.5, 0.6) is 0 Å². The standard InChI is InChI=1S/B.H2O.O.Zn/h;1H2;;/q;;-2;+2. The third-order valence-corrected chi connectivity index (χ3v) is 0. The first-order valence-corrected chi connectivity index (χ1v) is 0. The van der Waals surface area contributed by atoms with E-state index in [1.807, 2.05) is 0 Å². The molecule has 4 heteroatoms. The summed E-state index contributed by atoms with van der Waals surface area (Å²) in [7, 11) is 0. The summed E-state index contributed by atoms with van der Waals surface area (Å²) in [5, 5.41) is 0. The Morgan fingerprint density at radius 1 is 1.00 bits per heavy atom. The molecule has 0 aliphatic carbocycles. The first kappa shape index (κ1) is 162. The van der Waals surface area contributed by atoms with Crippen molar-refractivity contribution in [3.8, 4) is 0 Å². The van der Waals surface area contributed by atoms with E-state index in [9.17, 15) is 0 Å². The van der Waals surface area contributed by atoms with Crippen LogP contribution in [-0.2, 0) is 25.0 Å². The van der Waals surface area contributed by atoms with Gasteiger partial charge in [-0.2, -0.15) is 0 Å². The van der Waals surface area contributed by atoms with Gasteiger partial charge in [-0.25, -0.2) is 0 Å². The Balaban J connectivity index is 0. The molecule has 19 valence electrons. The fourth-order valence-corrected chi connectivity index (χ4v) is 0. The Hall–Kier alpha value is 0.608. The average molecular weight is 110 g/mol. The van der Waals surface area contributed by atoms with Crippen molar-refractivity contribution in [1.82, 2.24) is 0 Å². The van der Waals surface area contributed by atoms with E-state index in [0.29, 0.717) is 0 Å². The van der Waals surface area contributed by atoms with Crippen molar-refractivity contribution in [2.75, 3.05) is 0 Å². The van der Waals surface area contributed by atoms with E-state index in [-0.39, 0.29) is 38.8 Å². The molecule has 0 aliphatic heterocycles. The van der Waals surface area contributed by atoms with Crippen LogP contribution in [0.3, 0.4) is 0 Å². The maximum Gasteiger partial charge on any atom is 2.00 e. The molecule has 0 heterocycles. The van der Waals surface area contributed by atoms with Gasteiger partial charge in [0.1, 0.15) is 0 Å². The normalized spacial score (nSPS) is 0. The van der Waals surface area contributed by atoms with Gasteiger partial charge in [0.25, 0.3) is 0 Å². The van der Waals surface area contributed by atoms with Crippen LogP contribution < -0.4 is 0 Å². The smallest absolute Gasteiger partial charge is 2.00 e. The largest absolute Gasteiger partial charge is 2.00 e. The van der Waals surface area contributed by atoms with Crippen molar-refractivity contribution in [3.63, 3.8) is 0 Å². The van der Waals surface area contributed by atoms with E-state index < -0.39 is 0 Å². The van der Waals surface area contributed by atoms with E-state index in [1.165, 1.54) is 0 Å². The van der Waals surface area contributed by atoms with Gasteiger partial charge in [-0.05, 0) is 0 Å². The van der Waals surface area contributed by atoms with Gasteiger partial charge < -0.3 is 11.0 Å². The van der Waals surface area contributed by atoms with Crippen LogP contribution in [0.15, 0.2) is 0 Å². The summed E-state index contributed by atoms with van der Waals surface area (Å²) in [6.45, 7) is 0. The second-order valence-electron chi connectivity index (χ2n) is 0. The van der Waals surface area contributed by atoms with Crippen molar-refractivity contribution in [1.29, 1.82) is 0 Å². The van der Waals surface area contributed by atoms with Crippen molar-refractivity contribution < 1.29 is 30.4 Å². The van der Waals surface area contributed by atoms with E-state index >= 15 is 0 Å². The van der Waals surface area contributed by atoms with Gasteiger partial charge in [-0.3, -0.25) is 0 Å². The molecule has 2 N–H and O–H groups in total. The molecule has 0 amide bonds. The molecule has 0 bridgehead atoms. The van der Waals surface area contributed by atoms with E-state index in [4.69, 9.17) is 0 Å². The minimum Gasteiger partial charge on any atom is -2.00 e. The minimum absolute atomic E-state index is 0. The van der Waals surface area contributed by atoms with Crippen molar-refractivity contribution >= 4 is 8.41 Å². The van der Waals surface area contributed by atoms with Crippen molar-refractivity contribution in [3.05, 3.63) is 0 Å². The van der Waals surface area contributed by atoms with Crippen LogP contribution in [0.1, 0.15) is 0 Å². The van der Waals surface area contributed by atoms with Crippen LogP contribution in [0.25, 0.3) is 0 Å². The summed E-state index contributed by atoms with van der Waals surface area (Å²) in [4.78, 5) is 0. The Labute approximate surface area is 39.5 Å². The monoisotopic (exact) mass is 109 g/mol. The van der Waals surface area contributed by atoms with E-state index in [0.717, 1.165) is 0 Å². The number of rotatable bonds is 0. The third kappa shape index (κ3) is 18.2. The van der Waals surface area contributed by atoms with Crippen LogP contribution in [-0.4, -0.2) is 13.9 Å². The Bertz CT molecular complexity index is 6.00. The molecule has 0 aliphatic rings. The van der Waals surface area contributed by atoms with Gasteiger partial charge in [-0.15, -0.1) is 0 Å². The number of hydrogen-bond acceptors (Lipinski definition) is 0. The molecule has 3 radical (unpaired) electrons. The van der Waals surface area contributed by atoms with Crippen molar-refractivity contribution in [2.45, 2.75) is 0 Å². The maximum absolute atomic E-state index is 0. The van der Waals surface area contributed by atoms with Crippen LogP contribution >= 0.6 is 0 Å². The zero-order valence-corrected chi connectivity index (χ0v) is 5.16. The van der Waals surface area contributed by atoms with Gasteiger partial charge in [0, 0.05) is 8.41 Å². The molecule has 0 atom stereocenters. The molecule has 0 rings (SSSR count). The zero-order chi connectivity index (χ0) is 0. The Morgan fingerprint density at radius 2 is 1.00 bits per heavy atom. The molecule has 0 aromatic heterocycles. The molecule has 0 saturated heterocycles. The molecule has 0 spiro atoms. The predicted molar refractivity (Wildman–Crippen MR) is 10.1 cm³/mol. The van der Waals surface area contributed by atoms with Gasteiger partial charge in [-0.1, -0.05) is 0 Å². The van der Waals surface area contributed by atoms with E-state index in [2.05, 4.69) is 0 Å². The zero-order valence-electron chi connectivity index (χ0n) is 2.19. The van der Waals surface area contributed by atoms with Crippen LogP contribution in [0, 0.1) is 0 Å². The third-order valence-electron chi connectivity index (χ3n) is 0. The molecule has 0 fully saturated rings. The van der Waals surface area contributed by atoms with Crippen LogP contribution in [0.2, 0.25) is 0 Å². The Morgan fingerprint density at radius 3 is 1.00 bits per heavy atom. The summed E-state index contributed by atoms with van der Waals surface area (Å²) in [5.74, 6) is 0. The second kappa shape index (κ2) is 66.3. The Kier molecular flexibility index (Phi) is 2690. The number of hydrogen-bond donors (Lipinski definition) is 0. The molecule has 0 unspecified atom stereocenters. The fraction of sp³-hybridized carbons (Fsp3) is 0. The first-order valence-electron chi connectivity index (χ1n) is 0. The summed E-state index contributed by atoms with van der Waals surface area (Å²) >= 11 is 0. The molecular formula is H2BO2Zn. The van der Waals surface area contributed by atoms with Gasteiger partial charge >= 0.3 is 19.5 Å². The van der Waals surface area contributed by atoms with Crippen molar-refractivity contribution in [2.24, 2.45) is 0 Å². The maximum atomic E-state index is 0. The molecular weight excluding hydrogens is 108 g/mol. The molecule has 0 aromatic carbocycles. The first-order chi connectivity index (χ1) is 0. The predicted octanol–water partition coefficient (Wildman–Crippen LogP) is -1.33. The summed E-state index contributed by atoms with van der Waals surface area (Å²) in [6, 6.07) is 0. The summed E-state index contributed by atoms with van der Waals surface area (Å²) in [6.07, 6.45) is 0. The molecule has 0 aromatic rings. The van der Waals surface area contributed by atoms with Gasteiger partial charge in [0.05, 0.1) is 0 Å². The summed E-state index contributed by atoms with van der Waals surface area (Å²) < 4.78 is 0. The summed E-state index contributed by atoms with van der Waals surface area (Å²) in [5.41, 5.74) is 0. The van der Waals surface area contributed by atoms with Crippen LogP contribution in [0.4, 0.5) is 0 Å². The quantitative estimate of drug-likeness (QED) is 0.347. The molecule has 0 saturated carbocycles.